The molecule has 4 atom stereocenters. The molecule has 1 aromatic rings. The van der Waals surface area contributed by atoms with Gasteiger partial charge in [-0.25, -0.2) is 4.79 Å². The highest BCUT2D eigenvalue weighted by atomic mass is 16.6. The van der Waals surface area contributed by atoms with E-state index in [0.717, 1.165) is 19.4 Å². The van der Waals surface area contributed by atoms with Crippen molar-refractivity contribution < 1.29 is 23.7 Å². The molecule has 3 rings (SSSR count). The molecule has 1 aromatic carbocycles. The Labute approximate surface area is 155 Å². The van der Waals surface area contributed by atoms with E-state index in [-0.39, 0.29) is 29.7 Å². The molecule has 1 aliphatic carbocycles. The molecule has 0 amide bonds. The van der Waals surface area contributed by atoms with Gasteiger partial charge in [-0.3, -0.25) is 0 Å². The normalized spacial score (nSPS) is 30.0. The number of epoxide rings is 1. The molecule has 1 saturated carbocycles. The molecule has 5 heteroatoms. The summed E-state index contributed by atoms with van der Waals surface area (Å²) in [4.78, 5) is 12.4. The molecule has 142 valence electrons. The average molecular weight is 360 g/mol. The minimum absolute atomic E-state index is 0.0559. The topological polar surface area (TPSA) is 57.3 Å². The molecule has 0 bridgehead atoms. The first kappa shape index (κ1) is 19.1. The van der Waals surface area contributed by atoms with Crippen LogP contribution in [0.3, 0.4) is 0 Å². The Morgan fingerprint density at radius 3 is 2.65 bits per heavy atom. The summed E-state index contributed by atoms with van der Waals surface area (Å²) < 4.78 is 23.2. The molecule has 2 fully saturated rings. The number of methoxy groups -OCH3 is 1. The minimum atomic E-state index is -0.311. The largest absolute Gasteiger partial charge is 0.456 e. The molecule has 0 aromatic heterocycles. The van der Waals surface area contributed by atoms with E-state index in [4.69, 9.17) is 18.9 Å². The number of benzene rings is 1. The van der Waals surface area contributed by atoms with E-state index in [2.05, 4.69) is 6.08 Å². The van der Waals surface area contributed by atoms with Gasteiger partial charge in [0.1, 0.15) is 12.2 Å². The van der Waals surface area contributed by atoms with Crippen LogP contribution in [-0.2, 0) is 18.9 Å². The molecule has 0 N–H and O–H groups in total. The molecule has 0 unspecified atom stereocenters. The molecular formula is C21H28O5. The van der Waals surface area contributed by atoms with Gasteiger partial charge in [0.05, 0.1) is 31.0 Å². The van der Waals surface area contributed by atoms with Crippen LogP contribution < -0.4 is 0 Å². The van der Waals surface area contributed by atoms with Gasteiger partial charge in [0.15, 0.2) is 0 Å². The van der Waals surface area contributed by atoms with Gasteiger partial charge in [-0.2, -0.15) is 0 Å². The lowest BCUT2D eigenvalue weighted by Gasteiger charge is -2.40. The smallest absolute Gasteiger partial charge is 0.338 e. The first-order valence-corrected chi connectivity index (χ1v) is 9.19. The second kappa shape index (κ2) is 8.33. The number of allylic oxidation sites excluding steroid dienone is 1. The predicted octanol–water partition coefficient (Wildman–Crippen LogP) is 3.39. The van der Waals surface area contributed by atoms with Crippen LogP contribution in [-0.4, -0.2) is 50.7 Å². The van der Waals surface area contributed by atoms with E-state index in [1.807, 2.05) is 32.0 Å². The molecule has 0 radical (unpaired) electrons. The summed E-state index contributed by atoms with van der Waals surface area (Å²) >= 11 is 0. The number of esters is 1. The van der Waals surface area contributed by atoms with E-state index in [9.17, 15) is 4.79 Å². The Kier molecular flexibility index (Phi) is 6.12. The van der Waals surface area contributed by atoms with Crippen molar-refractivity contribution in [1.29, 1.82) is 0 Å². The maximum absolute atomic E-state index is 12.4. The summed E-state index contributed by atoms with van der Waals surface area (Å²) in [5.41, 5.74) is 1.60. The van der Waals surface area contributed by atoms with Crippen LogP contribution in [0.25, 0.3) is 0 Å². The van der Waals surface area contributed by atoms with Gasteiger partial charge in [-0.1, -0.05) is 29.8 Å². The molecule has 1 aliphatic heterocycles. The molecular weight excluding hydrogens is 332 g/mol. The summed E-state index contributed by atoms with van der Waals surface area (Å²) in [6.45, 7) is 5.92. The summed E-state index contributed by atoms with van der Waals surface area (Å²) in [6.07, 6.45) is 3.13. The van der Waals surface area contributed by atoms with Crippen molar-refractivity contribution in [3.63, 3.8) is 0 Å². The molecule has 5 nitrogen and oxygen atoms in total. The number of rotatable bonds is 7. The van der Waals surface area contributed by atoms with Crippen LogP contribution in [0.2, 0.25) is 0 Å². The number of carbonyl (C=O) groups is 1. The highest BCUT2D eigenvalue weighted by molar-refractivity contribution is 5.89. The summed E-state index contributed by atoms with van der Waals surface area (Å²) in [5.74, 6) is -0.255. The van der Waals surface area contributed by atoms with Gasteiger partial charge in [0.25, 0.3) is 0 Å². The summed E-state index contributed by atoms with van der Waals surface area (Å²) in [5, 5.41) is 0. The lowest BCUT2D eigenvalue weighted by molar-refractivity contribution is -0.119. The average Bonchev–Trinajstić information content (AvgIpc) is 3.42. The van der Waals surface area contributed by atoms with Gasteiger partial charge in [-0.05, 0) is 38.8 Å². The second-order valence-corrected chi connectivity index (χ2v) is 7.33. The minimum Gasteiger partial charge on any atom is -0.456 e. The third-order valence-corrected chi connectivity index (χ3v) is 5.25. The third-order valence-electron chi connectivity index (χ3n) is 5.25. The van der Waals surface area contributed by atoms with E-state index < -0.39 is 0 Å². The van der Waals surface area contributed by atoms with Crippen LogP contribution in [0.15, 0.2) is 42.0 Å². The quantitative estimate of drug-likeness (QED) is 0.323. The van der Waals surface area contributed by atoms with Crippen LogP contribution in [0.4, 0.5) is 0 Å². The predicted molar refractivity (Wildman–Crippen MR) is 98.1 cm³/mol. The van der Waals surface area contributed by atoms with Gasteiger partial charge in [0, 0.05) is 13.0 Å². The number of carbonyl (C=O) groups excluding carboxylic acids is 1. The van der Waals surface area contributed by atoms with Crippen molar-refractivity contribution in [2.45, 2.75) is 44.5 Å². The molecule has 2 aliphatic rings. The van der Waals surface area contributed by atoms with Gasteiger partial charge in [-0.15, -0.1) is 0 Å². The Bertz CT molecular complexity index is 631. The fourth-order valence-electron chi connectivity index (χ4n) is 3.63. The fraction of sp³-hybridized carbons (Fsp3) is 0.571. The van der Waals surface area contributed by atoms with E-state index in [1.165, 1.54) is 5.57 Å². The highest BCUT2D eigenvalue weighted by Crippen LogP contribution is 2.48. The lowest BCUT2D eigenvalue weighted by Crippen LogP contribution is -2.51. The van der Waals surface area contributed by atoms with Gasteiger partial charge < -0.3 is 18.9 Å². The molecule has 1 spiro atoms. The molecule has 1 heterocycles. The van der Waals surface area contributed by atoms with Crippen molar-refractivity contribution >= 4 is 5.97 Å². The second-order valence-electron chi connectivity index (χ2n) is 7.33. The Morgan fingerprint density at radius 2 is 2.04 bits per heavy atom. The van der Waals surface area contributed by atoms with Crippen molar-refractivity contribution in [3.8, 4) is 0 Å². The number of hydrogen-bond acceptors (Lipinski definition) is 5. The van der Waals surface area contributed by atoms with E-state index in [1.54, 1.807) is 19.2 Å². The fourth-order valence-corrected chi connectivity index (χ4v) is 3.63. The SMILES string of the molecule is CO[C@@H]1[C@H](OC(=O)c2ccccc2)CC[C@]2(CO2)[C@H]1COCC=C(C)C. The Hall–Kier alpha value is -1.69. The van der Waals surface area contributed by atoms with Crippen molar-refractivity contribution in [2.75, 3.05) is 26.9 Å². The van der Waals surface area contributed by atoms with E-state index in [0.29, 0.717) is 18.8 Å². The zero-order valence-electron chi connectivity index (χ0n) is 15.8. The van der Waals surface area contributed by atoms with Gasteiger partial charge >= 0.3 is 5.97 Å². The maximum Gasteiger partial charge on any atom is 0.338 e. The van der Waals surface area contributed by atoms with Crippen LogP contribution in [0.5, 0.6) is 0 Å². The van der Waals surface area contributed by atoms with Crippen LogP contribution >= 0.6 is 0 Å². The van der Waals surface area contributed by atoms with Crippen LogP contribution in [0, 0.1) is 5.92 Å². The number of ether oxygens (including phenoxy) is 4. The zero-order chi connectivity index (χ0) is 18.6. The van der Waals surface area contributed by atoms with Crippen molar-refractivity contribution in [3.05, 3.63) is 47.5 Å². The summed E-state index contributed by atoms with van der Waals surface area (Å²) in [7, 11) is 1.67. The summed E-state index contributed by atoms with van der Waals surface area (Å²) in [6, 6.07) is 9.07. The monoisotopic (exact) mass is 360 g/mol. The van der Waals surface area contributed by atoms with E-state index >= 15 is 0 Å². The lowest BCUT2D eigenvalue weighted by atomic mass is 9.76. The van der Waals surface area contributed by atoms with Crippen molar-refractivity contribution in [1.82, 2.24) is 0 Å². The first-order valence-electron chi connectivity index (χ1n) is 9.19. The standard InChI is InChI=1S/C21H28O5/c1-15(2)10-12-24-13-17-19(23-3)18(9-11-21(17)14-25-21)26-20(22)16-7-5-4-6-8-16/h4-8,10,17-19H,9,11-14H2,1-3H3/t17-,18+,19-,21-/m0/s1. The Morgan fingerprint density at radius 1 is 1.31 bits per heavy atom. The van der Waals surface area contributed by atoms with Gasteiger partial charge in [0.2, 0.25) is 0 Å². The zero-order valence-corrected chi connectivity index (χ0v) is 15.8. The molecule has 1 saturated heterocycles. The highest BCUT2D eigenvalue weighted by Gasteiger charge is 2.59. The van der Waals surface area contributed by atoms with Crippen LogP contribution in [0.1, 0.15) is 37.0 Å². The van der Waals surface area contributed by atoms with Crippen molar-refractivity contribution in [2.24, 2.45) is 5.92 Å². The molecule has 26 heavy (non-hydrogen) atoms. The maximum atomic E-state index is 12.4. The number of hydrogen-bond donors (Lipinski definition) is 0. The first-order chi connectivity index (χ1) is 12.6. The Balaban J connectivity index is 1.65. The third kappa shape index (κ3) is 4.34.